The molecule has 0 aromatic carbocycles. The Morgan fingerprint density at radius 2 is 2.57 bits per heavy atom. The van der Waals surface area contributed by atoms with Crippen molar-refractivity contribution < 1.29 is 4.79 Å². The summed E-state index contributed by atoms with van der Waals surface area (Å²) in [4.78, 5) is 12.2. The van der Waals surface area contributed by atoms with Crippen molar-refractivity contribution in [3.63, 3.8) is 0 Å². The van der Waals surface area contributed by atoms with Crippen molar-refractivity contribution in [2.75, 3.05) is 6.54 Å². The Labute approximate surface area is 88.3 Å². The van der Waals surface area contributed by atoms with Gasteiger partial charge in [0.1, 0.15) is 0 Å². The maximum atomic E-state index is 12.2. The molecule has 0 bridgehead atoms. The number of hydrogen-bond donors (Lipinski definition) is 1. The average molecular weight is 209 g/mol. The van der Waals surface area contributed by atoms with Gasteiger partial charge in [0.15, 0.2) is 5.78 Å². The van der Waals surface area contributed by atoms with Gasteiger partial charge in [-0.1, -0.05) is 6.92 Å². The van der Waals surface area contributed by atoms with E-state index < -0.39 is 0 Å². The van der Waals surface area contributed by atoms with E-state index >= 15 is 0 Å². The van der Waals surface area contributed by atoms with E-state index in [1.807, 2.05) is 16.8 Å². The molecule has 1 aliphatic heterocycles. The zero-order chi connectivity index (χ0) is 10.0. The van der Waals surface area contributed by atoms with Crippen molar-refractivity contribution in [2.24, 2.45) is 0 Å². The lowest BCUT2D eigenvalue weighted by atomic mass is 9.86. The molecule has 0 aliphatic carbocycles. The zero-order valence-corrected chi connectivity index (χ0v) is 9.19. The Hall–Kier alpha value is -0.670. The van der Waals surface area contributed by atoms with Crippen LogP contribution in [0.1, 0.15) is 36.5 Å². The summed E-state index contributed by atoms with van der Waals surface area (Å²) in [6.07, 6.45) is 2.99. The molecule has 3 heteroatoms. The van der Waals surface area contributed by atoms with Crippen LogP contribution in [0.5, 0.6) is 0 Å². The number of rotatable bonds is 3. The Bertz CT molecular complexity index is 312. The average Bonchev–Trinajstić information content (AvgIpc) is 2.89. The van der Waals surface area contributed by atoms with Crippen LogP contribution in [0.2, 0.25) is 0 Å². The van der Waals surface area contributed by atoms with Crippen molar-refractivity contribution in [3.8, 4) is 0 Å². The van der Waals surface area contributed by atoms with Crippen LogP contribution < -0.4 is 5.32 Å². The van der Waals surface area contributed by atoms with E-state index in [2.05, 4.69) is 12.2 Å². The second-order valence-electron chi connectivity index (χ2n) is 3.81. The number of nitrogens with one attached hydrogen (secondary N) is 1. The van der Waals surface area contributed by atoms with E-state index in [0.29, 0.717) is 0 Å². The summed E-state index contributed by atoms with van der Waals surface area (Å²) in [7, 11) is 0. The predicted octanol–water partition coefficient (Wildman–Crippen LogP) is 2.46. The minimum Gasteiger partial charge on any atom is -0.305 e. The standard InChI is InChI=1S/C11H15NOS/c1-2-11(5-3-6-12-11)10(13)9-4-7-14-8-9/h4,7-8,12H,2-3,5-6H2,1H3. The first-order valence-corrected chi connectivity index (χ1v) is 6.05. The second kappa shape index (κ2) is 3.83. The zero-order valence-electron chi connectivity index (χ0n) is 8.38. The fraction of sp³-hybridized carbons (Fsp3) is 0.545. The number of thiophene rings is 1. The number of hydrogen-bond acceptors (Lipinski definition) is 3. The summed E-state index contributed by atoms with van der Waals surface area (Å²) < 4.78 is 0. The van der Waals surface area contributed by atoms with Gasteiger partial charge in [0, 0.05) is 10.9 Å². The van der Waals surface area contributed by atoms with Gasteiger partial charge in [0.05, 0.1) is 5.54 Å². The van der Waals surface area contributed by atoms with E-state index in [-0.39, 0.29) is 11.3 Å². The molecule has 1 saturated heterocycles. The summed E-state index contributed by atoms with van der Waals surface area (Å²) in [5.74, 6) is 0.277. The highest BCUT2D eigenvalue weighted by Gasteiger charge is 2.39. The fourth-order valence-electron chi connectivity index (χ4n) is 2.13. The van der Waals surface area contributed by atoms with E-state index in [4.69, 9.17) is 0 Å². The Morgan fingerprint density at radius 3 is 3.07 bits per heavy atom. The van der Waals surface area contributed by atoms with Crippen LogP contribution in [-0.2, 0) is 0 Å². The first kappa shape index (κ1) is 9.87. The molecule has 0 spiro atoms. The third-order valence-electron chi connectivity index (χ3n) is 3.07. The van der Waals surface area contributed by atoms with Gasteiger partial charge in [-0.3, -0.25) is 4.79 Å². The molecule has 1 unspecified atom stereocenters. The van der Waals surface area contributed by atoms with Gasteiger partial charge in [-0.15, -0.1) is 0 Å². The number of Topliss-reactive ketones (excluding diaryl/α,β-unsaturated/α-hetero) is 1. The normalized spacial score (nSPS) is 26.6. The molecule has 2 nitrogen and oxygen atoms in total. The maximum Gasteiger partial charge on any atom is 0.183 e. The lowest BCUT2D eigenvalue weighted by Crippen LogP contribution is -2.46. The highest BCUT2D eigenvalue weighted by molar-refractivity contribution is 7.08. The molecule has 1 N–H and O–H groups in total. The lowest BCUT2D eigenvalue weighted by molar-refractivity contribution is 0.0864. The van der Waals surface area contributed by atoms with Crippen molar-refractivity contribution >= 4 is 17.1 Å². The SMILES string of the molecule is CCC1(C(=O)c2ccsc2)CCCN1. The van der Waals surface area contributed by atoms with E-state index in [1.54, 1.807) is 11.3 Å². The number of carbonyl (C=O) groups excluding carboxylic acids is 1. The minimum atomic E-state index is -0.263. The Kier molecular flexibility index (Phi) is 2.70. The summed E-state index contributed by atoms with van der Waals surface area (Å²) in [5, 5.41) is 7.27. The predicted molar refractivity (Wildman–Crippen MR) is 58.9 cm³/mol. The van der Waals surface area contributed by atoms with E-state index in [1.165, 1.54) is 0 Å². The van der Waals surface area contributed by atoms with Gasteiger partial charge in [-0.2, -0.15) is 11.3 Å². The third-order valence-corrected chi connectivity index (χ3v) is 3.75. The van der Waals surface area contributed by atoms with Gasteiger partial charge in [0.25, 0.3) is 0 Å². The van der Waals surface area contributed by atoms with Gasteiger partial charge >= 0.3 is 0 Å². The van der Waals surface area contributed by atoms with Crippen molar-refractivity contribution in [2.45, 2.75) is 31.7 Å². The monoisotopic (exact) mass is 209 g/mol. The topological polar surface area (TPSA) is 29.1 Å². The molecule has 1 aromatic rings. The van der Waals surface area contributed by atoms with E-state index in [0.717, 1.165) is 31.4 Å². The van der Waals surface area contributed by atoms with E-state index in [9.17, 15) is 4.79 Å². The molecular formula is C11H15NOS. The molecule has 76 valence electrons. The molecule has 1 atom stereocenters. The first-order valence-electron chi connectivity index (χ1n) is 5.10. The van der Waals surface area contributed by atoms with Crippen LogP contribution in [0.15, 0.2) is 16.8 Å². The highest BCUT2D eigenvalue weighted by Crippen LogP contribution is 2.27. The van der Waals surface area contributed by atoms with Gasteiger partial charge in [-0.25, -0.2) is 0 Å². The fourth-order valence-corrected chi connectivity index (χ4v) is 2.77. The molecule has 1 fully saturated rings. The van der Waals surface area contributed by atoms with Gasteiger partial charge < -0.3 is 5.32 Å². The maximum absolute atomic E-state index is 12.2. The first-order chi connectivity index (χ1) is 6.78. The number of ketones is 1. The smallest absolute Gasteiger partial charge is 0.183 e. The summed E-state index contributed by atoms with van der Waals surface area (Å²) in [5.41, 5.74) is 0.604. The molecule has 14 heavy (non-hydrogen) atoms. The Balaban J connectivity index is 2.24. The molecule has 2 heterocycles. The molecule has 0 amide bonds. The van der Waals surface area contributed by atoms with Gasteiger partial charge in [-0.05, 0) is 37.3 Å². The lowest BCUT2D eigenvalue weighted by Gasteiger charge is -2.25. The van der Waals surface area contributed by atoms with Gasteiger partial charge in [0.2, 0.25) is 0 Å². The molecule has 0 radical (unpaired) electrons. The van der Waals surface area contributed by atoms with Crippen LogP contribution >= 0.6 is 11.3 Å². The third kappa shape index (κ3) is 1.51. The van der Waals surface area contributed by atoms with Crippen LogP contribution in [-0.4, -0.2) is 17.9 Å². The molecule has 1 aromatic heterocycles. The Morgan fingerprint density at radius 1 is 1.71 bits per heavy atom. The molecular weight excluding hydrogens is 194 g/mol. The largest absolute Gasteiger partial charge is 0.305 e. The quantitative estimate of drug-likeness (QED) is 0.775. The van der Waals surface area contributed by atoms with Crippen molar-refractivity contribution in [1.82, 2.24) is 5.32 Å². The molecule has 2 rings (SSSR count). The van der Waals surface area contributed by atoms with Crippen molar-refractivity contribution in [3.05, 3.63) is 22.4 Å². The summed E-state index contributed by atoms with van der Waals surface area (Å²) in [6, 6.07) is 1.92. The van der Waals surface area contributed by atoms with Crippen LogP contribution in [0.4, 0.5) is 0 Å². The molecule has 1 aliphatic rings. The van der Waals surface area contributed by atoms with Crippen LogP contribution in [0.25, 0.3) is 0 Å². The highest BCUT2D eigenvalue weighted by atomic mass is 32.1. The van der Waals surface area contributed by atoms with Crippen molar-refractivity contribution in [1.29, 1.82) is 0 Å². The van der Waals surface area contributed by atoms with Crippen LogP contribution in [0, 0.1) is 0 Å². The second-order valence-corrected chi connectivity index (χ2v) is 4.59. The number of carbonyl (C=O) groups is 1. The summed E-state index contributed by atoms with van der Waals surface area (Å²) in [6.45, 7) is 3.06. The minimum absolute atomic E-state index is 0.263. The van der Waals surface area contributed by atoms with Crippen LogP contribution in [0.3, 0.4) is 0 Å². The summed E-state index contributed by atoms with van der Waals surface area (Å²) >= 11 is 1.59. The molecule has 0 saturated carbocycles.